The first kappa shape index (κ1) is 13.5. The molecule has 0 aliphatic heterocycles. The van der Waals surface area contributed by atoms with Gasteiger partial charge in [0.2, 0.25) is 5.88 Å². The van der Waals surface area contributed by atoms with E-state index in [4.69, 9.17) is 10.5 Å². The van der Waals surface area contributed by atoms with Crippen molar-refractivity contribution in [3.05, 3.63) is 12.1 Å². The zero-order chi connectivity index (χ0) is 14.1. The van der Waals surface area contributed by atoms with Crippen LogP contribution >= 0.6 is 0 Å². The number of pyridine rings is 1. The molecule has 1 aromatic rings. The Morgan fingerprint density at radius 1 is 1.40 bits per heavy atom. The smallest absolute Gasteiger partial charge is 0.239 e. The molecule has 3 rings (SSSR count). The average Bonchev–Trinajstić information content (AvgIpc) is 3.05. The van der Waals surface area contributed by atoms with Gasteiger partial charge in [0, 0.05) is 6.04 Å². The van der Waals surface area contributed by atoms with Gasteiger partial charge < -0.3 is 15.8 Å². The van der Waals surface area contributed by atoms with E-state index in [1.54, 1.807) is 0 Å². The fraction of sp³-hybridized carbons (Fsp3) is 0.688. The molecule has 0 saturated heterocycles. The van der Waals surface area contributed by atoms with Crippen LogP contribution in [0.1, 0.15) is 39.5 Å². The minimum atomic E-state index is 0.468. The van der Waals surface area contributed by atoms with Crippen molar-refractivity contribution in [3.8, 4) is 5.88 Å². The van der Waals surface area contributed by atoms with Crippen LogP contribution in [0.2, 0.25) is 0 Å². The van der Waals surface area contributed by atoms with Gasteiger partial charge in [0.15, 0.2) is 0 Å². The van der Waals surface area contributed by atoms with E-state index in [0.717, 1.165) is 23.6 Å². The van der Waals surface area contributed by atoms with Crippen LogP contribution in [0.15, 0.2) is 12.1 Å². The molecule has 2 aliphatic carbocycles. The van der Waals surface area contributed by atoms with E-state index in [9.17, 15) is 0 Å². The zero-order valence-electron chi connectivity index (χ0n) is 12.4. The number of nitrogens with one attached hydrogen (secondary N) is 1. The summed E-state index contributed by atoms with van der Waals surface area (Å²) >= 11 is 0. The van der Waals surface area contributed by atoms with Crippen LogP contribution < -0.4 is 15.8 Å². The SMILES string of the molecule is CCOc1nc(NC(C)C2CC3CCC2C3)ccc1N. The summed E-state index contributed by atoms with van der Waals surface area (Å²) in [4.78, 5) is 4.48. The molecule has 110 valence electrons. The first-order valence-corrected chi connectivity index (χ1v) is 7.83. The summed E-state index contributed by atoms with van der Waals surface area (Å²) in [5.74, 6) is 4.11. The van der Waals surface area contributed by atoms with E-state index in [0.29, 0.717) is 24.2 Å². The quantitative estimate of drug-likeness (QED) is 0.865. The van der Waals surface area contributed by atoms with Crippen molar-refractivity contribution in [3.63, 3.8) is 0 Å². The number of hydrogen-bond acceptors (Lipinski definition) is 4. The lowest BCUT2D eigenvalue weighted by Gasteiger charge is -2.29. The fourth-order valence-electron chi connectivity index (χ4n) is 4.03. The summed E-state index contributed by atoms with van der Waals surface area (Å²) < 4.78 is 5.46. The molecule has 0 aromatic carbocycles. The van der Waals surface area contributed by atoms with Crippen LogP contribution in [0.5, 0.6) is 5.88 Å². The summed E-state index contributed by atoms with van der Waals surface area (Å²) in [5, 5.41) is 3.55. The van der Waals surface area contributed by atoms with Crippen molar-refractivity contribution in [1.82, 2.24) is 4.98 Å². The molecule has 0 radical (unpaired) electrons. The lowest BCUT2D eigenvalue weighted by Crippen LogP contribution is -2.30. The molecular formula is C16H25N3O. The Balaban J connectivity index is 1.66. The molecular weight excluding hydrogens is 250 g/mol. The van der Waals surface area contributed by atoms with E-state index >= 15 is 0 Å². The van der Waals surface area contributed by atoms with Gasteiger partial charge in [-0.1, -0.05) is 6.42 Å². The van der Waals surface area contributed by atoms with Gasteiger partial charge in [-0.05, 0) is 63.0 Å². The second-order valence-corrected chi connectivity index (χ2v) is 6.30. The maximum atomic E-state index is 5.86. The third kappa shape index (κ3) is 2.56. The summed E-state index contributed by atoms with van der Waals surface area (Å²) in [5.41, 5.74) is 6.46. The topological polar surface area (TPSA) is 60.2 Å². The maximum absolute atomic E-state index is 5.86. The number of nitrogen functional groups attached to an aromatic ring is 1. The van der Waals surface area contributed by atoms with Crippen LogP contribution in [-0.2, 0) is 0 Å². The van der Waals surface area contributed by atoms with E-state index in [1.165, 1.54) is 25.7 Å². The molecule has 4 atom stereocenters. The zero-order valence-corrected chi connectivity index (χ0v) is 12.4. The molecule has 2 fully saturated rings. The van der Waals surface area contributed by atoms with Gasteiger partial charge in [-0.15, -0.1) is 0 Å². The van der Waals surface area contributed by atoms with E-state index in [1.807, 2.05) is 19.1 Å². The molecule has 4 unspecified atom stereocenters. The Kier molecular flexibility index (Phi) is 3.72. The predicted molar refractivity (Wildman–Crippen MR) is 81.8 cm³/mol. The Labute approximate surface area is 121 Å². The van der Waals surface area contributed by atoms with Crippen molar-refractivity contribution in [2.24, 2.45) is 17.8 Å². The molecule has 1 aromatic heterocycles. The van der Waals surface area contributed by atoms with E-state index < -0.39 is 0 Å². The molecule has 20 heavy (non-hydrogen) atoms. The fourth-order valence-corrected chi connectivity index (χ4v) is 4.03. The molecule has 4 nitrogen and oxygen atoms in total. The van der Waals surface area contributed by atoms with Gasteiger partial charge in [0.1, 0.15) is 5.82 Å². The predicted octanol–water partition coefficient (Wildman–Crippen LogP) is 3.30. The van der Waals surface area contributed by atoms with Crippen LogP contribution in [-0.4, -0.2) is 17.6 Å². The van der Waals surface area contributed by atoms with Gasteiger partial charge in [0.25, 0.3) is 0 Å². The maximum Gasteiger partial charge on any atom is 0.239 e. The number of rotatable bonds is 5. The Morgan fingerprint density at radius 2 is 2.25 bits per heavy atom. The molecule has 2 aliphatic rings. The minimum Gasteiger partial charge on any atom is -0.476 e. The van der Waals surface area contributed by atoms with Gasteiger partial charge in [-0.25, -0.2) is 0 Å². The summed E-state index contributed by atoms with van der Waals surface area (Å²) in [6, 6.07) is 4.28. The number of ether oxygens (including phenoxy) is 1. The highest BCUT2D eigenvalue weighted by Crippen LogP contribution is 2.49. The number of anilines is 2. The highest BCUT2D eigenvalue weighted by Gasteiger charge is 2.41. The third-order valence-electron chi connectivity index (χ3n) is 4.98. The van der Waals surface area contributed by atoms with Gasteiger partial charge in [-0.3, -0.25) is 0 Å². The second kappa shape index (κ2) is 5.51. The van der Waals surface area contributed by atoms with Gasteiger partial charge in [0.05, 0.1) is 12.3 Å². The van der Waals surface area contributed by atoms with Gasteiger partial charge >= 0.3 is 0 Å². The number of hydrogen-bond donors (Lipinski definition) is 2. The average molecular weight is 275 g/mol. The van der Waals surface area contributed by atoms with Crippen LogP contribution in [0.25, 0.3) is 0 Å². The molecule has 3 N–H and O–H groups in total. The van der Waals surface area contributed by atoms with Gasteiger partial charge in [-0.2, -0.15) is 4.98 Å². The first-order valence-electron chi connectivity index (χ1n) is 7.83. The van der Waals surface area contributed by atoms with E-state index in [-0.39, 0.29) is 0 Å². The second-order valence-electron chi connectivity index (χ2n) is 6.30. The standard InChI is InChI=1S/C16H25N3O/c1-3-20-16-14(17)6-7-15(19-16)18-10(2)13-9-11-4-5-12(13)8-11/h6-7,10-13H,3-5,8-9,17H2,1-2H3,(H,18,19). The Bertz CT molecular complexity index is 477. The van der Waals surface area contributed by atoms with Crippen molar-refractivity contribution in [1.29, 1.82) is 0 Å². The molecule has 0 amide bonds. The molecule has 1 heterocycles. The number of fused-ring (bicyclic) bond motifs is 2. The third-order valence-corrected chi connectivity index (χ3v) is 4.98. The van der Waals surface area contributed by atoms with Crippen molar-refractivity contribution in [2.75, 3.05) is 17.7 Å². The first-order chi connectivity index (χ1) is 9.67. The largest absolute Gasteiger partial charge is 0.476 e. The summed E-state index contributed by atoms with van der Waals surface area (Å²) in [7, 11) is 0. The van der Waals surface area contributed by atoms with Crippen molar-refractivity contribution < 1.29 is 4.74 Å². The Hall–Kier alpha value is -1.45. The van der Waals surface area contributed by atoms with Crippen LogP contribution in [0, 0.1) is 17.8 Å². The molecule has 2 saturated carbocycles. The lowest BCUT2D eigenvalue weighted by molar-refractivity contribution is 0.303. The summed E-state index contributed by atoms with van der Waals surface area (Å²) in [6.07, 6.45) is 5.69. The highest BCUT2D eigenvalue weighted by atomic mass is 16.5. The number of nitrogens with two attached hydrogens (primary N) is 1. The highest BCUT2D eigenvalue weighted by molar-refractivity contribution is 5.53. The van der Waals surface area contributed by atoms with Crippen LogP contribution in [0.3, 0.4) is 0 Å². The van der Waals surface area contributed by atoms with Crippen molar-refractivity contribution in [2.45, 2.75) is 45.6 Å². The lowest BCUT2D eigenvalue weighted by atomic mass is 9.84. The van der Waals surface area contributed by atoms with E-state index in [2.05, 4.69) is 17.2 Å². The Morgan fingerprint density at radius 3 is 2.90 bits per heavy atom. The monoisotopic (exact) mass is 275 g/mol. The molecule has 0 spiro atoms. The number of aromatic nitrogens is 1. The number of nitrogens with zero attached hydrogens (tertiary/aromatic N) is 1. The molecule has 2 bridgehead atoms. The van der Waals surface area contributed by atoms with Crippen molar-refractivity contribution >= 4 is 11.5 Å². The van der Waals surface area contributed by atoms with Crippen LogP contribution in [0.4, 0.5) is 11.5 Å². The summed E-state index contributed by atoms with van der Waals surface area (Å²) in [6.45, 7) is 4.81. The normalized spacial score (nSPS) is 29.4. The molecule has 4 heteroatoms. The minimum absolute atomic E-state index is 0.468.